The van der Waals surface area contributed by atoms with Crippen LogP contribution in [0, 0.1) is 5.41 Å². The molecule has 19 heavy (non-hydrogen) atoms. The van der Waals surface area contributed by atoms with Crippen molar-refractivity contribution in [2.75, 3.05) is 0 Å². The van der Waals surface area contributed by atoms with Gasteiger partial charge in [-0.05, 0) is 20.5 Å². The van der Waals surface area contributed by atoms with E-state index in [4.69, 9.17) is 0 Å². The summed E-state index contributed by atoms with van der Waals surface area (Å²) < 4.78 is 0. The van der Waals surface area contributed by atoms with Gasteiger partial charge in [0.05, 0.1) is 8.80 Å². The molecule has 0 bridgehead atoms. The van der Waals surface area contributed by atoms with E-state index in [-0.39, 0.29) is 19.8 Å². The number of hydrogen-bond acceptors (Lipinski definition) is 0. The van der Waals surface area contributed by atoms with Gasteiger partial charge < -0.3 is 0 Å². The maximum atomic E-state index is 2.40. The first-order chi connectivity index (χ1) is 7.37. The second-order valence-electron chi connectivity index (χ2n) is 10.1. The summed E-state index contributed by atoms with van der Waals surface area (Å²) in [5.74, 6) is 0. The van der Waals surface area contributed by atoms with Crippen LogP contribution < -0.4 is 0 Å². The van der Waals surface area contributed by atoms with E-state index in [1.54, 1.807) is 0 Å². The zero-order valence-electron chi connectivity index (χ0n) is 16.5. The van der Waals surface area contributed by atoms with E-state index < -0.39 is 8.80 Å². The molecule has 0 N–H and O–H groups in total. The standard InChI is InChI=1S/C12H27Si.C5H12.Ga.2H/c1-10(2,3)13(11(4,5)6)12(7,8)9;1-5(2,3)4;;;/h1-9H3;1-4H3;;;. The molecule has 0 aromatic heterocycles. The first kappa shape index (κ1) is 24.8. The van der Waals surface area contributed by atoms with E-state index in [0.29, 0.717) is 20.5 Å². The van der Waals surface area contributed by atoms with E-state index in [2.05, 4.69) is 90.0 Å². The average Bonchev–Trinajstić information content (AvgIpc) is 1.65. The first-order valence-electron chi connectivity index (χ1n) is 7.25. The molecule has 0 saturated heterocycles. The molecular weight excluding hydrogens is 302 g/mol. The van der Waals surface area contributed by atoms with Crippen LogP contribution in [0.1, 0.15) is 90.0 Å². The Hall–Kier alpha value is 0.853. The van der Waals surface area contributed by atoms with Gasteiger partial charge in [-0.1, -0.05) is 90.0 Å². The number of hydrogen-bond donors (Lipinski definition) is 0. The van der Waals surface area contributed by atoms with Gasteiger partial charge in [-0.15, -0.1) is 0 Å². The van der Waals surface area contributed by atoms with Gasteiger partial charge in [-0.2, -0.15) is 0 Å². The van der Waals surface area contributed by atoms with Gasteiger partial charge >= 0.3 is 19.8 Å². The summed E-state index contributed by atoms with van der Waals surface area (Å²) in [6.07, 6.45) is 0. The Bertz CT molecular complexity index is 191. The van der Waals surface area contributed by atoms with Gasteiger partial charge in [0.25, 0.3) is 0 Å². The Labute approximate surface area is 139 Å². The summed E-state index contributed by atoms with van der Waals surface area (Å²) in [7, 11) is -0.391. The van der Waals surface area contributed by atoms with Gasteiger partial charge in [0, 0.05) is 0 Å². The molecule has 0 rings (SSSR count). The zero-order valence-corrected chi connectivity index (χ0v) is 21.7. The quantitative estimate of drug-likeness (QED) is 0.472. The van der Waals surface area contributed by atoms with Gasteiger partial charge in [0.1, 0.15) is 0 Å². The molecule has 0 heterocycles. The fraction of sp³-hybridized carbons (Fsp3) is 1.00. The molecule has 2 radical (unpaired) electrons. The van der Waals surface area contributed by atoms with E-state index >= 15 is 0 Å². The van der Waals surface area contributed by atoms with Gasteiger partial charge in [0.2, 0.25) is 0 Å². The Morgan fingerprint density at radius 1 is 0.421 bits per heavy atom. The molecule has 0 aliphatic heterocycles. The summed E-state index contributed by atoms with van der Waals surface area (Å²) in [6.45, 7) is 30.4. The summed E-state index contributed by atoms with van der Waals surface area (Å²) in [5.41, 5.74) is 0.500. The minimum atomic E-state index is -0.391. The van der Waals surface area contributed by atoms with Crippen LogP contribution in [0.25, 0.3) is 0 Å². The second kappa shape index (κ2) is 7.75. The van der Waals surface area contributed by atoms with Crippen LogP contribution in [0.5, 0.6) is 0 Å². The van der Waals surface area contributed by atoms with Crippen LogP contribution in [0.4, 0.5) is 0 Å². The molecule has 0 unspecified atom stereocenters. The van der Waals surface area contributed by atoms with Crippen molar-refractivity contribution in [3.63, 3.8) is 0 Å². The van der Waals surface area contributed by atoms with Crippen molar-refractivity contribution in [3.8, 4) is 0 Å². The Kier molecular flexibility index (Phi) is 10.1. The fourth-order valence-corrected chi connectivity index (χ4v) is 10.1. The van der Waals surface area contributed by atoms with Crippen molar-refractivity contribution in [3.05, 3.63) is 0 Å². The zero-order chi connectivity index (χ0) is 15.6. The van der Waals surface area contributed by atoms with Crippen LogP contribution in [0.2, 0.25) is 15.1 Å². The van der Waals surface area contributed by atoms with Crippen LogP contribution in [-0.2, 0) is 0 Å². The van der Waals surface area contributed by atoms with Crippen LogP contribution in [0.15, 0.2) is 0 Å². The normalized spacial score (nSPS) is 13.6. The molecule has 0 aromatic carbocycles. The Morgan fingerprint density at radius 2 is 0.526 bits per heavy atom. The van der Waals surface area contributed by atoms with Gasteiger partial charge in [-0.3, -0.25) is 0 Å². The monoisotopic (exact) mass is 342 g/mol. The van der Waals surface area contributed by atoms with Crippen LogP contribution in [-0.4, -0.2) is 28.6 Å². The van der Waals surface area contributed by atoms with Crippen molar-refractivity contribution in [2.24, 2.45) is 5.41 Å². The van der Waals surface area contributed by atoms with E-state index in [0.717, 1.165) is 0 Å². The topological polar surface area (TPSA) is 0 Å². The summed E-state index contributed by atoms with van der Waals surface area (Å²) >= 11 is 0. The van der Waals surface area contributed by atoms with E-state index in [1.165, 1.54) is 0 Å². The summed E-state index contributed by atoms with van der Waals surface area (Å²) in [6, 6.07) is 0. The predicted octanol–water partition coefficient (Wildman–Crippen LogP) is 6.02. The molecule has 0 atom stereocenters. The first-order valence-corrected chi connectivity index (χ1v) is 8.75. The second-order valence-corrected chi connectivity index (χ2v) is 15.4. The molecule has 0 amide bonds. The fourth-order valence-electron chi connectivity index (χ4n) is 3.38. The van der Waals surface area contributed by atoms with Crippen molar-refractivity contribution >= 4 is 28.6 Å². The molecule has 0 aromatic rings. The Balaban J connectivity index is -0.000000366. The van der Waals surface area contributed by atoms with Crippen LogP contribution >= 0.6 is 0 Å². The molecule has 116 valence electrons. The SMILES string of the molecule is CC(C)(C)C.CC(C)(C)[Si](C(C)(C)C)C(C)(C)C.[GaH2]. The third-order valence-electron chi connectivity index (χ3n) is 2.25. The average molecular weight is 343 g/mol. The molecular formula is C17H41GaSi. The van der Waals surface area contributed by atoms with Gasteiger partial charge in [0.15, 0.2) is 0 Å². The molecule has 0 spiro atoms. The van der Waals surface area contributed by atoms with Crippen LogP contribution in [0.3, 0.4) is 0 Å². The third-order valence-corrected chi connectivity index (χ3v) is 6.75. The molecule has 2 heteroatoms. The van der Waals surface area contributed by atoms with Gasteiger partial charge in [-0.25, -0.2) is 0 Å². The minimum absolute atomic E-state index is 0. The van der Waals surface area contributed by atoms with Crippen molar-refractivity contribution in [1.29, 1.82) is 0 Å². The molecule has 0 fully saturated rings. The third kappa shape index (κ3) is 15.1. The van der Waals surface area contributed by atoms with Crippen molar-refractivity contribution in [2.45, 2.75) is 105 Å². The summed E-state index contributed by atoms with van der Waals surface area (Å²) in [5, 5.41) is 1.46. The molecule has 0 aliphatic rings. The molecule has 0 aliphatic carbocycles. The molecule has 0 nitrogen and oxygen atoms in total. The van der Waals surface area contributed by atoms with Crippen molar-refractivity contribution in [1.82, 2.24) is 0 Å². The predicted molar refractivity (Wildman–Crippen MR) is 98.6 cm³/mol. The number of rotatable bonds is 0. The maximum absolute atomic E-state index is 2.40. The van der Waals surface area contributed by atoms with E-state index in [9.17, 15) is 0 Å². The Morgan fingerprint density at radius 3 is 0.526 bits per heavy atom. The summed E-state index contributed by atoms with van der Waals surface area (Å²) in [4.78, 5) is 0. The van der Waals surface area contributed by atoms with Crippen molar-refractivity contribution < 1.29 is 0 Å². The van der Waals surface area contributed by atoms with E-state index in [1.807, 2.05) is 0 Å². The molecule has 0 saturated carbocycles.